The van der Waals surface area contributed by atoms with Crippen LogP contribution in [0.25, 0.3) is 22.0 Å². The standard InChI is InChI=1S/C34H36N6O2/c1-2-7-24-8-6-16-40(17-15-24)23-28-13-12-27(21-36-28)37-34(41)33-31-19-25(11-14-32(31)38-39-33)26-18-30(22-35-20-26)42-29-9-4-3-5-10-29/h3-5,9-14,18-22,24H,2,6-8,15-17,23H2,1H3,(H,37,41)(H,38,39). The summed E-state index contributed by atoms with van der Waals surface area (Å²) in [4.78, 5) is 24.8. The second-order valence-electron chi connectivity index (χ2n) is 11.0. The number of hydrogen-bond acceptors (Lipinski definition) is 6. The van der Waals surface area contributed by atoms with Crippen LogP contribution in [-0.2, 0) is 6.54 Å². The SMILES string of the molecule is CCCC1CCCN(Cc2ccc(NC(=O)c3n[nH]c4ccc(-c5cncc(Oc6ccccc6)c5)cc34)cn2)CC1. The quantitative estimate of drug-likeness (QED) is 0.194. The predicted molar refractivity (Wildman–Crippen MR) is 166 cm³/mol. The largest absolute Gasteiger partial charge is 0.456 e. The molecule has 8 heteroatoms. The molecule has 1 amide bonds. The minimum absolute atomic E-state index is 0.290. The number of amides is 1. The number of rotatable bonds is 9. The smallest absolute Gasteiger partial charge is 0.276 e. The van der Waals surface area contributed by atoms with Crippen LogP contribution in [0.5, 0.6) is 11.5 Å². The number of hydrogen-bond donors (Lipinski definition) is 2. The summed E-state index contributed by atoms with van der Waals surface area (Å²) in [5.41, 5.74) is 4.55. The molecule has 8 nitrogen and oxygen atoms in total. The highest BCUT2D eigenvalue weighted by atomic mass is 16.5. The van der Waals surface area contributed by atoms with Crippen LogP contribution in [0, 0.1) is 5.92 Å². The van der Waals surface area contributed by atoms with Crippen molar-refractivity contribution < 1.29 is 9.53 Å². The van der Waals surface area contributed by atoms with Gasteiger partial charge in [0.05, 0.1) is 29.3 Å². The molecule has 1 saturated heterocycles. The Morgan fingerprint density at radius 1 is 0.976 bits per heavy atom. The number of anilines is 1. The maximum atomic E-state index is 13.3. The predicted octanol–water partition coefficient (Wildman–Crippen LogP) is 7.47. The van der Waals surface area contributed by atoms with Gasteiger partial charge in [0.15, 0.2) is 5.69 Å². The number of carbonyl (C=O) groups excluding carboxylic acids is 1. The van der Waals surface area contributed by atoms with Crippen molar-refractivity contribution in [2.24, 2.45) is 5.92 Å². The minimum Gasteiger partial charge on any atom is -0.456 e. The average molecular weight is 561 g/mol. The molecule has 0 aliphatic carbocycles. The highest BCUT2D eigenvalue weighted by molar-refractivity contribution is 6.11. The molecule has 1 atom stereocenters. The Morgan fingerprint density at radius 3 is 2.71 bits per heavy atom. The normalized spacial score (nSPS) is 15.8. The summed E-state index contributed by atoms with van der Waals surface area (Å²) in [5, 5.41) is 11.0. The van der Waals surface area contributed by atoms with Crippen LogP contribution in [0.3, 0.4) is 0 Å². The molecule has 1 fully saturated rings. The third-order valence-electron chi connectivity index (χ3n) is 7.91. The van der Waals surface area contributed by atoms with E-state index in [0.717, 1.165) is 59.0 Å². The summed E-state index contributed by atoms with van der Waals surface area (Å²) in [6, 6.07) is 21.3. The van der Waals surface area contributed by atoms with E-state index in [0.29, 0.717) is 17.1 Å². The number of H-pyrrole nitrogens is 1. The van der Waals surface area contributed by atoms with E-state index in [2.05, 4.69) is 37.3 Å². The van der Waals surface area contributed by atoms with E-state index in [9.17, 15) is 4.79 Å². The van der Waals surface area contributed by atoms with Crippen LogP contribution in [0.15, 0.2) is 85.3 Å². The molecule has 3 aromatic heterocycles. The molecule has 2 N–H and O–H groups in total. The van der Waals surface area contributed by atoms with Crippen molar-refractivity contribution in [3.63, 3.8) is 0 Å². The molecule has 1 aliphatic heterocycles. The fourth-order valence-corrected chi connectivity index (χ4v) is 5.72. The number of pyridine rings is 2. The first kappa shape index (κ1) is 27.6. The van der Waals surface area contributed by atoms with E-state index in [-0.39, 0.29) is 5.91 Å². The summed E-state index contributed by atoms with van der Waals surface area (Å²) < 4.78 is 5.96. The second kappa shape index (κ2) is 13.0. The first-order valence-corrected chi connectivity index (χ1v) is 14.8. The van der Waals surface area contributed by atoms with E-state index in [1.54, 1.807) is 18.6 Å². The number of likely N-dealkylation sites (tertiary alicyclic amines) is 1. The van der Waals surface area contributed by atoms with E-state index < -0.39 is 0 Å². The number of aromatic nitrogens is 4. The van der Waals surface area contributed by atoms with Gasteiger partial charge in [-0.05, 0) is 86.3 Å². The summed E-state index contributed by atoms with van der Waals surface area (Å²) in [7, 11) is 0. The van der Waals surface area contributed by atoms with Gasteiger partial charge in [0, 0.05) is 23.7 Å². The molecule has 1 unspecified atom stereocenters. The molecular formula is C34H36N6O2. The number of para-hydroxylation sites is 1. The van der Waals surface area contributed by atoms with Crippen LogP contribution in [0.2, 0.25) is 0 Å². The number of nitrogens with one attached hydrogen (secondary N) is 2. The monoisotopic (exact) mass is 560 g/mol. The number of aromatic amines is 1. The second-order valence-corrected chi connectivity index (χ2v) is 11.0. The Morgan fingerprint density at radius 2 is 1.88 bits per heavy atom. The summed E-state index contributed by atoms with van der Waals surface area (Å²) in [6.45, 7) is 5.36. The van der Waals surface area contributed by atoms with Crippen LogP contribution < -0.4 is 10.1 Å². The zero-order valence-corrected chi connectivity index (χ0v) is 23.9. The van der Waals surface area contributed by atoms with Gasteiger partial charge in [-0.25, -0.2) is 0 Å². The number of benzene rings is 2. The van der Waals surface area contributed by atoms with Crippen LogP contribution >= 0.6 is 0 Å². The molecule has 0 saturated carbocycles. The lowest BCUT2D eigenvalue weighted by molar-refractivity contribution is 0.102. The number of ether oxygens (including phenoxy) is 1. The molecule has 1 aliphatic rings. The Kier molecular flexibility index (Phi) is 8.51. The van der Waals surface area contributed by atoms with Crippen molar-refractivity contribution in [3.05, 3.63) is 96.7 Å². The maximum absolute atomic E-state index is 13.3. The third kappa shape index (κ3) is 6.66. The van der Waals surface area contributed by atoms with Gasteiger partial charge in [-0.1, -0.05) is 44.0 Å². The van der Waals surface area contributed by atoms with Crippen molar-refractivity contribution in [2.45, 2.75) is 45.6 Å². The van der Waals surface area contributed by atoms with Gasteiger partial charge in [0.1, 0.15) is 11.5 Å². The molecule has 0 bridgehead atoms. The fraction of sp³-hybridized carbons (Fsp3) is 0.294. The molecule has 214 valence electrons. The molecular weight excluding hydrogens is 524 g/mol. The lowest BCUT2D eigenvalue weighted by atomic mass is 9.96. The zero-order valence-electron chi connectivity index (χ0n) is 23.9. The lowest BCUT2D eigenvalue weighted by Crippen LogP contribution is -2.24. The van der Waals surface area contributed by atoms with Crippen molar-refractivity contribution in [3.8, 4) is 22.6 Å². The highest BCUT2D eigenvalue weighted by Gasteiger charge is 2.18. The van der Waals surface area contributed by atoms with Crippen molar-refractivity contribution in [1.29, 1.82) is 0 Å². The van der Waals surface area contributed by atoms with Crippen LogP contribution in [0.1, 0.15) is 55.2 Å². The average Bonchev–Trinajstić information content (AvgIpc) is 3.32. The van der Waals surface area contributed by atoms with Gasteiger partial charge in [-0.15, -0.1) is 0 Å². The van der Waals surface area contributed by atoms with Gasteiger partial charge in [-0.3, -0.25) is 24.8 Å². The van der Waals surface area contributed by atoms with Gasteiger partial charge in [-0.2, -0.15) is 5.10 Å². The number of fused-ring (bicyclic) bond motifs is 1. The van der Waals surface area contributed by atoms with E-state index in [4.69, 9.17) is 4.74 Å². The Hall–Kier alpha value is -4.56. The minimum atomic E-state index is -0.290. The lowest BCUT2D eigenvalue weighted by Gasteiger charge is -2.19. The van der Waals surface area contributed by atoms with E-state index in [1.165, 1.54) is 32.1 Å². The van der Waals surface area contributed by atoms with Crippen LogP contribution in [0.4, 0.5) is 5.69 Å². The van der Waals surface area contributed by atoms with Crippen LogP contribution in [-0.4, -0.2) is 44.1 Å². The Balaban J connectivity index is 1.12. The maximum Gasteiger partial charge on any atom is 0.276 e. The highest BCUT2D eigenvalue weighted by Crippen LogP contribution is 2.29. The molecule has 0 spiro atoms. The van der Waals surface area contributed by atoms with Crippen molar-refractivity contribution in [1.82, 2.24) is 25.1 Å². The summed E-state index contributed by atoms with van der Waals surface area (Å²) in [5.74, 6) is 1.94. The summed E-state index contributed by atoms with van der Waals surface area (Å²) >= 11 is 0. The molecule has 0 radical (unpaired) electrons. The van der Waals surface area contributed by atoms with Gasteiger partial charge in [0.2, 0.25) is 0 Å². The van der Waals surface area contributed by atoms with Crippen molar-refractivity contribution >= 4 is 22.5 Å². The molecule has 5 aromatic rings. The molecule has 4 heterocycles. The number of nitrogens with zero attached hydrogens (tertiary/aromatic N) is 4. The van der Waals surface area contributed by atoms with Gasteiger partial charge < -0.3 is 10.1 Å². The molecule has 2 aromatic carbocycles. The molecule has 6 rings (SSSR count). The van der Waals surface area contributed by atoms with Gasteiger partial charge >= 0.3 is 0 Å². The Bertz CT molecular complexity index is 1630. The van der Waals surface area contributed by atoms with E-state index in [1.807, 2.05) is 66.7 Å². The first-order chi connectivity index (χ1) is 20.6. The number of carbonyl (C=O) groups is 1. The van der Waals surface area contributed by atoms with Crippen molar-refractivity contribution in [2.75, 3.05) is 18.4 Å². The summed E-state index contributed by atoms with van der Waals surface area (Å²) in [6.07, 6.45) is 11.6. The van der Waals surface area contributed by atoms with E-state index >= 15 is 0 Å². The zero-order chi connectivity index (χ0) is 28.7. The van der Waals surface area contributed by atoms with Gasteiger partial charge in [0.25, 0.3) is 5.91 Å². The third-order valence-corrected chi connectivity index (χ3v) is 7.91. The first-order valence-electron chi connectivity index (χ1n) is 14.8. The topological polar surface area (TPSA) is 96.0 Å². The fourth-order valence-electron chi connectivity index (χ4n) is 5.72. The molecule has 42 heavy (non-hydrogen) atoms. The Labute approximate surface area is 246 Å².